The van der Waals surface area contributed by atoms with Crippen molar-refractivity contribution in [3.8, 4) is 55.6 Å². The summed E-state index contributed by atoms with van der Waals surface area (Å²) >= 11 is 0. The molecule has 0 aliphatic carbocycles. The van der Waals surface area contributed by atoms with E-state index in [0.717, 1.165) is 33.6 Å². The van der Waals surface area contributed by atoms with Gasteiger partial charge in [-0.25, -0.2) is 0 Å². The third kappa shape index (κ3) is 7.94. The maximum absolute atomic E-state index is 9.60. The van der Waals surface area contributed by atoms with Crippen LogP contribution in [0.5, 0.6) is 0 Å². The monoisotopic (exact) mass is 978 g/mol. The quantitative estimate of drug-likeness (QED) is 0.0871. The minimum absolute atomic E-state index is 0.360. The first-order valence-electron chi connectivity index (χ1n) is 26.3. The van der Waals surface area contributed by atoms with Crippen LogP contribution in [0.15, 0.2) is 292 Å². The largest absolute Gasteiger partial charge is 0.295 e. The van der Waals surface area contributed by atoms with Crippen molar-refractivity contribution >= 4 is 81.9 Å². The van der Waals surface area contributed by atoms with Crippen molar-refractivity contribution in [2.45, 2.75) is 0 Å². The molecule has 2 nitrogen and oxygen atoms in total. The molecule has 77 heavy (non-hydrogen) atoms. The topological polar surface area (TPSA) is 27.1 Å². The Morgan fingerprint density at radius 2 is 0.610 bits per heavy atom. The van der Waals surface area contributed by atoms with Gasteiger partial charge in [-0.2, -0.15) is 0 Å². The van der Waals surface area contributed by atoms with Crippen LogP contribution in [0, 0.1) is 5.41 Å². The zero-order valence-electron chi connectivity index (χ0n) is 42.3. The molecule has 0 aromatic heterocycles. The Hall–Kier alpha value is -10.2. The molecule has 14 aromatic rings. The van der Waals surface area contributed by atoms with Gasteiger partial charge < -0.3 is 0 Å². The summed E-state index contributed by atoms with van der Waals surface area (Å²) in [5.74, 6) is 0.360. The van der Waals surface area contributed by atoms with Gasteiger partial charge in [-0.1, -0.05) is 261 Å². The third-order valence-corrected chi connectivity index (χ3v) is 15.6. The van der Waals surface area contributed by atoms with Crippen molar-refractivity contribution < 1.29 is 0 Å². The van der Waals surface area contributed by atoms with Crippen LogP contribution in [-0.2, 0) is 0 Å². The fraction of sp³-hybridized carbons (Fsp3) is 0. The molecule has 360 valence electrons. The number of anilines is 1. The molecule has 14 rings (SSSR count). The highest BCUT2D eigenvalue weighted by Gasteiger charge is 2.22. The van der Waals surface area contributed by atoms with E-state index >= 15 is 0 Å². The molecule has 0 saturated heterocycles. The van der Waals surface area contributed by atoms with Crippen LogP contribution in [0.4, 0.5) is 5.69 Å². The lowest BCUT2D eigenvalue weighted by molar-refractivity contribution is 1.29. The van der Waals surface area contributed by atoms with Crippen LogP contribution in [0.3, 0.4) is 0 Å². The molecule has 0 atom stereocenters. The predicted molar refractivity (Wildman–Crippen MR) is 330 cm³/mol. The number of para-hydroxylation sites is 1. The average Bonchev–Trinajstić information content (AvgIpc) is 3.57. The van der Waals surface area contributed by atoms with Gasteiger partial charge in [0.25, 0.3) is 0 Å². The van der Waals surface area contributed by atoms with Crippen LogP contribution >= 0.6 is 0 Å². The maximum Gasteiger partial charge on any atom is 0.137 e. The van der Waals surface area contributed by atoms with Crippen molar-refractivity contribution in [1.82, 2.24) is 0 Å². The molecular formula is C75H50N2. The number of rotatable bonds is 9. The highest BCUT2D eigenvalue weighted by atomic mass is 15.2. The van der Waals surface area contributed by atoms with Crippen molar-refractivity contribution in [3.63, 3.8) is 0 Å². The van der Waals surface area contributed by atoms with Gasteiger partial charge >= 0.3 is 0 Å². The van der Waals surface area contributed by atoms with Gasteiger partial charge in [-0.15, -0.1) is 0 Å². The van der Waals surface area contributed by atoms with E-state index in [2.05, 4.69) is 231 Å². The zero-order chi connectivity index (χ0) is 51.4. The lowest BCUT2D eigenvalue weighted by Gasteiger charge is -2.28. The number of hydrogen-bond acceptors (Lipinski definition) is 1. The van der Waals surface area contributed by atoms with Crippen molar-refractivity contribution in [3.05, 3.63) is 303 Å². The summed E-state index contributed by atoms with van der Waals surface area (Å²) in [4.78, 5) is 1.93. The summed E-state index contributed by atoms with van der Waals surface area (Å²) < 4.78 is 0. The smallest absolute Gasteiger partial charge is 0.137 e. The number of benzene rings is 14. The highest BCUT2D eigenvalue weighted by Crippen LogP contribution is 2.47. The Kier molecular flexibility index (Phi) is 11.2. The number of hydrogen-bond donors (Lipinski definition) is 1. The van der Waals surface area contributed by atoms with E-state index in [0.29, 0.717) is 5.84 Å². The van der Waals surface area contributed by atoms with Gasteiger partial charge in [-0.3, -0.25) is 10.3 Å². The summed E-state index contributed by atoms with van der Waals surface area (Å²) in [6, 6.07) is 103. The van der Waals surface area contributed by atoms with Gasteiger partial charge in [0.15, 0.2) is 0 Å². The van der Waals surface area contributed by atoms with E-state index in [1.165, 1.54) is 109 Å². The second-order valence-corrected chi connectivity index (χ2v) is 20.0. The Balaban J connectivity index is 0.875. The first-order valence-corrected chi connectivity index (χ1v) is 26.3. The summed E-state index contributed by atoms with van der Waals surface area (Å²) in [6.07, 6.45) is 0. The van der Waals surface area contributed by atoms with Crippen LogP contribution in [0.1, 0.15) is 11.1 Å². The molecule has 0 bridgehead atoms. The molecule has 0 amide bonds. The normalized spacial score (nSPS) is 11.5. The standard InChI is InChI=1S/C75H50N2/c1-49(50-18-4-2-5-19-50)77(62-24-6-3-7-25-62)75(76)56-40-38-55(39-41-56)72-65-28-14-12-26-63(65)71(64-27-13-15-29-66(64)72)54-36-32-53(33-37-54)59-44-45-69-70(48-59)74(61-43-35-52-21-9-11-23-58(52)47-61)68-31-17-16-30-67(68)73(69)60-42-34-51-20-8-10-22-57(51)46-60/h2-48,76H,1H2. The zero-order valence-corrected chi connectivity index (χ0v) is 42.3. The van der Waals surface area contributed by atoms with E-state index in [-0.39, 0.29) is 0 Å². The van der Waals surface area contributed by atoms with E-state index in [1.54, 1.807) is 0 Å². The fourth-order valence-corrected chi connectivity index (χ4v) is 11.9. The summed E-state index contributed by atoms with van der Waals surface area (Å²) in [5.41, 5.74) is 15.3. The summed E-state index contributed by atoms with van der Waals surface area (Å²) in [7, 11) is 0. The number of fused-ring (bicyclic) bond motifs is 6. The molecule has 1 N–H and O–H groups in total. The molecule has 0 fully saturated rings. The number of nitrogens with one attached hydrogen (secondary N) is 1. The first kappa shape index (κ1) is 45.5. The lowest BCUT2D eigenvalue weighted by Crippen LogP contribution is -2.29. The maximum atomic E-state index is 9.60. The third-order valence-electron chi connectivity index (χ3n) is 15.6. The average molecular weight is 979 g/mol. The molecule has 0 aliphatic heterocycles. The minimum Gasteiger partial charge on any atom is -0.295 e. The second-order valence-electron chi connectivity index (χ2n) is 20.0. The molecule has 0 radical (unpaired) electrons. The summed E-state index contributed by atoms with van der Waals surface area (Å²) in [5, 5.41) is 24.2. The second kappa shape index (κ2) is 19.0. The summed E-state index contributed by atoms with van der Waals surface area (Å²) in [6.45, 7) is 4.48. The van der Waals surface area contributed by atoms with Crippen molar-refractivity contribution in [2.24, 2.45) is 0 Å². The fourth-order valence-electron chi connectivity index (χ4n) is 11.9. The van der Waals surface area contributed by atoms with Gasteiger partial charge in [0, 0.05) is 16.9 Å². The van der Waals surface area contributed by atoms with E-state index < -0.39 is 0 Å². The number of nitrogens with zero attached hydrogens (tertiary/aromatic N) is 1. The molecule has 14 aromatic carbocycles. The first-order chi connectivity index (χ1) is 38.0. The van der Waals surface area contributed by atoms with Gasteiger partial charge in [0.1, 0.15) is 5.84 Å². The Bertz CT molecular complexity index is 4570. The van der Waals surface area contributed by atoms with Crippen LogP contribution in [0.25, 0.3) is 126 Å². The molecule has 0 saturated carbocycles. The molecular weight excluding hydrogens is 929 g/mol. The Labute approximate surface area is 448 Å². The van der Waals surface area contributed by atoms with Gasteiger partial charge in [0.2, 0.25) is 0 Å². The van der Waals surface area contributed by atoms with E-state index in [4.69, 9.17) is 0 Å². The Morgan fingerprint density at radius 3 is 1.10 bits per heavy atom. The van der Waals surface area contributed by atoms with Gasteiger partial charge in [0.05, 0.1) is 0 Å². The molecule has 0 aliphatic rings. The Morgan fingerprint density at radius 1 is 0.260 bits per heavy atom. The van der Waals surface area contributed by atoms with Crippen LogP contribution < -0.4 is 4.90 Å². The van der Waals surface area contributed by atoms with E-state index in [9.17, 15) is 5.41 Å². The minimum atomic E-state index is 0.360. The van der Waals surface area contributed by atoms with Crippen LogP contribution in [0.2, 0.25) is 0 Å². The number of amidine groups is 1. The molecule has 0 spiro atoms. The molecule has 2 heteroatoms. The highest BCUT2D eigenvalue weighted by molar-refractivity contribution is 6.24. The van der Waals surface area contributed by atoms with Crippen LogP contribution in [-0.4, -0.2) is 5.84 Å². The van der Waals surface area contributed by atoms with E-state index in [1.807, 2.05) is 65.6 Å². The van der Waals surface area contributed by atoms with Crippen molar-refractivity contribution in [1.29, 1.82) is 5.41 Å². The molecule has 0 unspecified atom stereocenters. The molecule has 0 heterocycles. The predicted octanol–water partition coefficient (Wildman–Crippen LogP) is 20.4. The SMILES string of the molecule is C=C(c1ccccc1)N(C(=N)c1ccc(-c2c3ccccc3c(-c3ccc(-c4ccc5c(-c6ccc7ccccc7c6)c6ccccc6c(-c6ccc7ccccc7c6)c5c4)cc3)c3ccccc23)cc1)c1ccccc1. The van der Waals surface area contributed by atoms with Crippen molar-refractivity contribution in [2.75, 3.05) is 4.90 Å². The lowest BCUT2D eigenvalue weighted by atomic mass is 9.84. The van der Waals surface area contributed by atoms with Gasteiger partial charge in [-0.05, 0) is 156 Å².